The molecular formula is C22H20N4O3S. The second-order valence-corrected chi connectivity index (χ2v) is 8.08. The van der Waals surface area contributed by atoms with Crippen LogP contribution in [0.3, 0.4) is 0 Å². The Hall–Kier alpha value is -3.44. The van der Waals surface area contributed by atoms with Crippen molar-refractivity contribution < 1.29 is 14.6 Å². The second kappa shape index (κ2) is 8.13. The number of aromatic nitrogens is 2. The van der Waals surface area contributed by atoms with Crippen molar-refractivity contribution in [3.05, 3.63) is 53.1 Å². The molecule has 0 saturated carbocycles. The van der Waals surface area contributed by atoms with Crippen molar-refractivity contribution in [2.75, 3.05) is 0 Å². The van der Waals surface area contributed by atoms with Gasteiger partial charge >= 0.3 is 6.09 Å². The van der Waals surface area contributed by atoms with Gasteiger partial charge < -0.3 is 15.2 Å². The van der Waals surface area contributed by atoms with Crippen molar-refractivity contribution in [3.8, 4) is 33.8 Å². The molecule has 8 heteroatoms. The molecule has 152 valence electrons. The van der Waals surface area contributed by atoms with Crippen LogP contribution < -0.4 is 10.1 Å². The van der Waals surface area contributed by atoms with Crippen molar-refractivity contribution in [1.82, 2.24) is 14.7 Å². The number of carbonyl (C=O) groups is 1. The van der Waals surface area contributed by atoms with Gasteiger partial charge in [-0.05, 0) is 67.5 Å². The Bertz CT molecular complexity index is 1150. The fourth-order valence-electron chi connectivity index (χ4n) is 3.72. The van der Waals surface area contributed by atoms with Gasteiger partial charge in [-0.25, -0.2) is 9.78 Å². The molecule has 0 bridgehead atoms. The van der Waals surface area contributed by atoms with E-state index in [9.17, 15) is 10.1 Å². The molecule has 30 heavy (non-hydrogen) atoms. The van der Waals surface area contributed by atoms with Crippen molar-refractivity contribution >= 4 is 17.6 Å². The van der Waals surface area contributed by atoms with E-state index in [2.05, 4.69) is 15.8 Å². The number of amides is 1. The molecule has 0 aliphatic heterocycles. The average Bonchev–Trinajstić information content (AvgIpc) is 3.35. The van der Waals surface area contributed by atoms with Crippen molar-refractivity contribution in [2.45, 2.75) is 38.8 Å². The maximum Gasteiger partial charge on any atom is 0.405 e. The number of rotatable bonds is 5. The lowest BCUT2D eigenvalue weighted by Crippen LogP contribution is -2.24. The molecule has 1 unspecified atom stereocenters. The standard InChI is InChI=1S/C22H20N4O3S/c1-12(2)29-19-9-6-13(10-14(19)11-23)20-25-21(30-26-20)17-5-3-4-16-15(17)7-8-18(16)24-22(27)28/h3-6,9-10,12,18,24H,7-8H2,1-2H3,(H,27,28). The van der Waals surface area contributed by atoms with E-state index >= 15 is 0 Å². The highest BCUT2D eigenvalue weighted by atomic mass is 32.1. The van der Waals surface area contributed by atoms with Gasteiger partial charge in [0.25, 0.3) is 0 Å². The van der Waals surface area contributed by atoms with Crippen LogP contribution in [0.1, 0.15) is 43.0 Å². The van der Waals surface area contributed by atoms with Gasteiger partial charge in [0, 0.05) is 11.1 Å². The molecule has 2 aromatic carbocycles. The number of nitriles is 1. The molecule has 0 saturated heterocycles. The van der Waals surface area contributed by atoms with Crippen LogP contribution in [0.25, 0.3) is 22.0 Å². The topological polar surface area (TPSA) is 108 Å². The summed E-state index contributed by atoms with van der Waals surface area (Å²) in [6.07, 6.45) is 0.472. The van der Waals surface area contributed by atoms with Gasteiger partial charge in [-0.15, -0.1) is 0 Å². The molecule has 3 aromatic rings. The number of carboxylic acid groups (broad SMARTS) is 1. The molecule has 4 rings (SSSR count). The van der Waals surface area contributed by atoms with E-state index in [1.165, 1.54) is 11.5 Å². The molecule has 0 spiro atoms. The smallest absolute Gasteiger partial charge is 0.405 e. The molecule has 2 N–H and O–H groups in total. The molecule has 1 amide bonds. The number of nitrogens with zero attached hydrogens (tertiary/aromatic N) is 3. The molecule has 1 aliphatic rings. The zero-order chi connectivity index (χ0) is 21.3. The Morgan fingerprint density at radius 3 is 2.93 bits per heavy atom. The predicted octanol–water partition coefficient (Wildman–Crippen LogP) is 4.79. The summed E-state index contributed by atoms with van der Waals surface area (Å²) >= 11 is 1.29. The number of fused-ring (bicyclic) bond motifs is 1. The normalized spacial score (nSPS) is 14.9. The number of ether oxygens (including phenoxy) is 1. The Morgan fingerprint density at radius 1 is 1.37 bits per heavy atom. The first kappa shape index (κ1) is 19.9. The molecule has 0 fully saturated rings. The van der Waals surface area contributed by atoms with Gasteiger partial charge in [-0.3, -0.25) is 0 Å². The van der Waals surface area contributed by atoms with E-state index in [4.69, 9.17) is 14.8 Å². The quantitative estimate of drug-likeness (QED) is 0.615. The minimum atomic E-state index is -1.02. The fourth-order valence-corrected chi connectivity index (χ4v) is 4.45. The van der Waals surface area contributed by atoms with Crippen LogP contribution in [-0.4, -0.2) is 26.7 Å². The van der Waals surface area contributed by atoms with Crippen LogP contribution in [0.15, 0.2) is 36.4 Å². The zero-order valence-electron chi connectivity index (χ0n) is 16.5. The van der Waals surface area contributed by atoms with E-state index < -0.39 is 6.09 Å². The first-order valence-corrected chi connectivity index (χ1v) is 10.4. The van der Waals surface area contributed by atoms with Gasteiger partial charge in [0.15, 0.2) is 5.82 Å². The third-order valence-electron chi connectivity index (χ3n) is 4.95. The van der Waals surface area contributed by atoms with Gasteiger partial charge in [0.1, 0.15) is 16.8 Å². The first-order chi connectivity index (χ1) is 14.5. The minimum absolute atomic E-state index is 0.0217. The second-order valence-electron chi connectivity index (χ2n) is 7.33. The van der Waals surface area contributed by atoms with Crippen molar-refractivity contribution in [2.24, 2.45) is 0 Å². The molecule has 0 radical (unpaired) electrons. The SMILES string of the molecule is CC(C)Oc1ccc(-c2nsc(-c3cccc4c3CCC4NC(=O)O)n2)cc1C#N. The number of nitrogens with one attached hydrogen (secondary N) is 1. The van der Waals surface area contributed by atoms with Crippen LogP contribution in [0.2, 0.25) is 0 Å². The van der Waals surface area contributed by atoms with Crippen molar-refractivity contribution in [3.63, 3.8) is 0 Å². The molecule has 1 aromatic heterocycles. The van der Waals surface area contributed by atoms with Gasteiger partial charge in [0.05, 0.1) is 17.7 Å². The maximum atomic E-state index is 11.1. The predicted molar refractivity (Wildman–Crippen MR) is 113 cm³/mol. The van der Waals surface area contributed by atoms with Crippen LogP contribution >= 0.6 is 11.5 Å². The van der Waals surface area contributed by atoms with E-state index in [0.29, 0.717) is 17.1 Å². The zero-order valence-corrected chi connectivity index (χ0v) is 17.4. The van der Waals surface area contributed by atoms with E-state index in [1.807, 2.05) is 38.1 Å². The van der Waals surface area contributed by atoms with Crippen LogP contribution in [0, 0.1) is 11.3 Å². The Kier molecular flexibility index (Phi) is 5.38. The van der Waals surface area contributed by atoms with Gasteiger partial charge in [-0.1, -0.05) is 18.2 Å². The van der Waals surface area contributed by atoms with Gasteiger partial charge in [0.2, 0.25) is 0 Å². The molecular weight excluding hydrogens is 400 g/mol. The summed E-state index contributed by atoms with van der Waals surface area (Å²) < 4.78 is 10.2. The average molecular weight is 420 g/mol. The Morgan fingerprint density at radius 2 is 2.20 bits per heavy atom. The molecule has 1 aliphatic carbocycles. The number of hydrogen-bond donors (Lipinski definition) is 2. The highest BCUT2D eigenvalue weighted by Gasteiger charge is 2.27. The van der Waals surface area contributed by atoms with E-state index in [-0.39, 0.29) is 12.1 Å². The highest BCUT2D eigenvalue weighted by Crippen LogP contribution is 2.39. The monoisotopic (exact) mass is 420 g/mol. The van der Waals surface area contributed by atoms with Crippen LogP contribution in [-0.2, 0) is 6.42 Å². The summed E-state index contributed by atoms with van der Waals surface area (Å²) in [4.78, 5) is 15.8. The molecule has 1 heterocycles. The van der Waals surface area contributed by atoms with Crippen molar-refractivity contribution in [1.29, 1.82) is 5.26 Å². The third kappa shape index (κ3) is 3.84. The largest absolute Gasteiger partial charge is 0.490 e. The van der Waals surface area contributed by atoms with Crippen LogP contribution in [0.5, 0.6) is 5.75 Å². The van der Waals surface area contributed by atoms with Crippen LogP contribution in [0.4, 0.5) is 4.79 Å². The first-order valence-electron chi connectivity index (χ1n) is 9.62. The third-order valence-corrected chi connectivity index (χ3v) is 5.69. The lowest BCUT2D eigenvalue weighted by Gasteiger charge is -2.12. The van der Waals surface area contributed by atoms with E-state index in [0.717, 1.165) is 40.1 Å². The maximum absolute atomic E-state index is 11.1. The summed E-state index contributed by atoms with van der Waals surface area (Å²) in [5, 5.41) is 21.9. The summed E-state index contributed by atoms with van der Waals surface area (Å²) in [5.41, 5.74) is 4.28. The fraction of sp³-hybridized carbons (Fsp3) is 0.273. The Labute approximate surface area is 178 Å². The number of benzene rings is 2. The number of hydrogen-bond acceptors (Lipinski definition) is 6. The Balaban J connectivity index is 1.66. The summed E-state index contributed by atoms with van der Waals surface area (Å²) in [6, 6.07) is 13.2. The highest BCUT2D eigenvalue weighted by molar-refractivity contribution is 7.09. The lowest BCUT2D eigenvalue weighted by atomic mass is 10.0. The lowest BCUT2D eigenvalue weighted by molar-refractivity contribution is 0.190. The molecule has 1 atom stereocenters. The van der Waals surface area contributed by atoms with E-state index in [1.54, 1.807) is 12.1 Å². The summed E-state index contributed by atoms with van der Waals surface area (Å²) in [7, 11) is 0. The summed E-state index contributed by atoms with van der Waals surface area (Å²) in [5.74, 6) is 1.10. The molecule has 7 nitrogen and oxygen atoms in total. The minimum Gasteiger partial charge on any atom is -0.490 e. The van der Waals surface area contributed by atoms with Gasteiger partial charge in [-0.2, -0.15) is 9.64 Å². The summed E-state index contributed by atoms with van der Waals surface area (Å²) in [6.45, 7) is 3.83.